The molecule has 0 unspecified atom stereocenters. The van der Waals surface area contributed by atoms with Gasteiger partial charge in [-0.15, -0.1) is 0 Å². The first-order valence-corrected chi connectivity index (χ1v) is 10.1. The number of fused-ring (bicyclic) bond motifs is 4. The molecule has 0 saturated carbocycles. The number of aromatic amines is 1. The summed E-state index contributed by atoms with van der Waals surface area (Å²) in [7, 11) is 0. The lowest BCUT2D eigenvalue weighted by atomic mass is 9.94. The Labute approximate surface area is 164 Å². The molecule has 1 aliphatic rings. The number of nitrogens with zero attached hydrogens (tertiary/aromatic N) is 1. The van der Waals surface area contributed by atoms with Gasteiger partial charge in [-0.25, -0.2) is 0 Å². The van der Waals surface area contributed by atoms with Crippen LogP contribution in [0.5, 0.6) is 0 Å². The van der Waals surface area contributed by atoms with Gasteiger partial charge in [-0.05, 0) is 46.9 Å². The predicted molar refractivity (Wildman–Crippen MR) is 114 cm³/mol. The zero-order chi connectivity index (χ0) is 18.4. The van der Waals surface area contributed by atoms with Gasteiger partial charge in [0, 0.05) is 34.7 Å². The van der Waals surface area contributed by atoms with E-state index < -0.39 is 0 Å². The summed E-state index contributed by atoms with van der Waals surface area (Å²) in [5.74, 6) is 0. The minimum absolute atomic E-state index is 0.416. The fraction of sp³-hybridized carbons (Fsp3) is 0.250. The zero-order valence-corrected chi connectivity index (χ0v) is 16.3. The van der Waals surface area contributed by atoms with Crippen molar-refractivity contribution in [1.29, 1.82) is 0 Å². The van der Waals surface area contributed by atoms with Crippen LogP contribution >= 0.6 is 11.6 Å². The number of hydrogen-bond donors (Lipinski definition) is 1. The molecule has 1 atom stereocenters. The molecule has 0 amide bonds. The molecule has 0 radical (unpaired) electrons. The van der Waals surface area contributed by atoms with Gasteiger partial charge < -0.3 is 4.98 Å². The van der Waals surface area contributed by atoms with Gasteiger partial charge in [0.1, 0.15) is 0 Å². The number of nitrogens with one attached hydrogen (secondary N) is 1. The first kappa shape index (κ1) is 16.9. The Kier molecular flexibility index (Phi) is 4.18. The van der Waals surface area contributed by atoms with Gasteiger partial charge in [0.15, 0.2) is 0 Å². The molecule has 27 heavy (non-hydrogen) atoms. The molecule has 1 aliphatic heterocycles. The van der Waals surface area contributed by atoms with E-state index in [1.807, 2.05) is 6.07 Å². The highest BCUT2D eigenvalue weighted by Crippen LogP contribution is 2.38. The van der Waals surface area contributed by atoms with Gasteiger partial charge >= 0.3 is 0 Å². The highest BCUT2D eigenvalue weighted by Gasteiger charge is 2.29. The third-order valence-electron chi connectivity index (χ3n) is 5.96. The summed E-state index contributed by atoms with van der Waals surface area (Å²) in [5, 5.41) is 4.81. The molecule has 2 heterocycles. The second-order valence-corrected chi connectivity index (χ2v) is 7.93. The first-order chi connectivity index (χ1) is 13.2. The maximum Gasteiger partial charge on any atom is 0.0502 e. The average Bonchev–Trinajstić information content (AvgIpc) is 3.05. The number of hydrogen-bond acceptors (Lipinski definition) is 1. The Balaban J connectivity index is 1.54. The van der Waals surface area contributed by atoms with Crippen LogP contribution in [0.2, 0.25) is 5.02 Å². The summed E-state index contributed by atoms with van der Waals surface area (Å²) < 4.78 is 0. The van der Waals surface area contributed by atoms with Gasteiger partial charge in [0.2, 0.25) is 0 Å². The van der Waals surface area contributed by atoms with Crippen LogP contribution in [0.15, 0.2) is 60.7 Å². The van der Waals surface area contributed by atoms with Gasteiger partial charge in [0.05, 0.1) is 6.04 Å². The van der Waals surface area contributed by atoms with E-state index in [9.17, 15) is 0 Å². The van der Waals surface area contributed by atoms with Crippen LogP contribution in [0.25, 0.3) is 21.7 Å². The molecule has 0 aliphatic carbocycles. The molecule has 0 fully saturated rings. The normalized spacial score (nSPS) is 17.5. The summed E-state index contributed by atoms with van der Waals surface area (Å²) >= 11 is 6.21. The number of benzene rings is 3. The van der Waals surface area contributed by atoms with Crippen LogP contribution in [-0.2, 0) is 13.0 Å². The molecule has 2 nitrogen and oxygen atoms in total. The monoisotopic (exact) mass is 374 g/mol. The smallest absolute Gasteiger partial charge is 0.0502 e. The van der Waals surface area contributed by atoms with Crippen molar-refractivity contribution in [3.05, 3.63) is 82.5 Å². The first-order valence-electron chi connectivity index (χ1n) is 9.75. The Morgan fingerprint density at radius 2 is 1.89 bits per heavy atom. The number of rotatable bonds is 3. The van der Waals surface area contributed by atoms with Crippen molar-refractivity contribution in [2.45, 2.75) is 32.4 Å². The summed E-state index contributed by atoms with van der Waals surface area (Å²) in [4.78, 5) is 6.31. The summed E-state index contributed by atoms with van der Waals surface area (Å²) in [5.41, 5.74) is 5.43. The lowest BCUT2D eigenvalue weighted by Gasteiger charge is -2.35. The minimum Gasteiger partial charge on any atom is -0.357 e. The second-order valence-electron chi connectivity index (χ2n) is 7.49. The van der Waals surface area contributed by atoms with Crippen LogP contribution in [0.3, 0.4) is 0 Å². The maximum absolute atomic E-state index is 6.21. The van der Waals surface area contributed by atoms with Crippen LogP contribution < -0.4 is 0 Å². The lowest BCUT2D eigenvalue weighted by Crippen LogP contribution is -2.34. The van der Waals surface area contributed by atoms with E-state index in [0.717, 1.165) is 36.5 Å². The summed E-state index contributed by atoms with van der Waals surface area (Å²) in [6, 6.07) is 22.0. The van der Waals surface area contributed by atoms with Crippen LogP contribution in [0.1, 0.15) is 36.2 Å². The van der Waals surface area contributed by atoms with Crippen molar-refractivity contribution in [2.24, 2.45) is 0 Å². The molecule has 3 heteroatoms. The third-order valence-corrected chi connectivity index (χ3v) is 6.20. The number of aromatic nitrogens is 1. The number of H-pyrrole nitrogens is 1. The molecular formula is C24H23ClN2. The number of halogens is 1. The molecule has 0 spiro atoms. The van der Waals surface area contributed by atoms with Gasteiger partial charge in [-0.1, -0.05) is 67.1 Å². The van der Waals surface area contributed by atoms with Crippen molar-refractivity contribution in [1.82, 2.24) is 9.88 Å². The Bertz CT molecular complexity index is 1120. The van der Waals surface area contributed by atoms with E-state index in [0.29, 0.717) is 6.04 Å². The average molecular weight is 375 g/mol. The molecule has 136 valence electrons. The molecule has 0 saturated heterocycles. The largest absolute Gasteiger partial charge is 0.357 e. The van der Waals surface area contributed by atoms with E-state index in [1.54, 1.807) is 0 Å². The standard InChI is InChI=1S/C24H23ClN2/c1-2-23-24-21(20-11-10-18(25)14-22(20)26-24)12-13-27(23)15-17-8-5-7-16-6-3-4-9-19(16)17/h3-11,14,23,26H,2,12-13,15H2,1H3/t23-/m1/s1. The predicted octanol–water partition coefficient (Wildman–Crippen LogP) is 6.48. The highest BCUT2D eigenvalue weighted by molar-refractivity contribution is 6.31. The summed E-state index contributed by atoms with van der Waals surface area (Å²) in [6.07, 6.45) is 2.18. The van der Waals surface area contributed by atoms with Crippen molar-refractivity contribution < 1.29 is 0 Å². The van der Waals surface area contributed by atoms with Crippen molar-refractivity contribution in [3.8, 4) is 0 Å². The van der Waals surface area contributed by atoms with Crippen LogP contribution in [0, 0.1) is 0 Å². The Hall–Kier alpha value is -2.29. The molecule has 5 rings (SSSR count). The van der Waals surface area contributed by atoms with Crippen LogP contribution in [-0.4, -0.2) is 16.4 Å². The van der Waals surface area contributed by atoms with Crippen molar-refractivity contribution in [2.75, 3.05) is 6.54 Å². The topological polar surface area (TPSA) is 19.0 Å². The fourth-order valence-electron chi connectivity index (χ4n) is 4.70. The zero-order valence-electron chi connectivity index (χ0n) is 15.5. The lowest BCUT2D eigenvalue weighted by molar-refractivity contribution is 0.169. The fourth-order valence-corrected chi connectivity index (χ4v) is 4.87. The molecule has 3 aromatic carbocycles. The van der Waals surface area contributed by atoms with E-state index in [4.69, 9.17) is 11.6 Å². The van der Waals surface area contributed by atoms with E-state index >= 15 is 0 Å². The second kappa shape index (κ2) is 6.70. The summed E-state index contributed by atoms with van der Waals surface area (Å²) in [6.45, 7) is 4.36. The minimum atomic E-state index is 0.416. The molecule has 1 N–H and O–H groups in total. The third kappa shape index (κ3) is 2.84. The Morgan fingerprint density at radius 1 is 1.04 bits per heavy atom. The van der Waals surface area contributed by atoms with E-state index in [-0.39, 0.29) is 0 Å². The Morgan fingerprint density at radius 3 is 2.78 bits per heavy atom. The van der Waals surface area contributed by atoms with Crippen molar-refractivity contribution in [3.63, 3.8) is 0 Å². The maximum atomic E-state index is 6.21. The highest BCUT2D eigenvalue weighted by atomic mass is 35.5. The van der Waals surface area contributed by atoms with E-state index in [2.05, 4.69) is 71.4 Å². The molecular weight excluding hydrogens is 352 g/mol. The van der Waals surface area contributed by atoms with E-state index in [1.165, 1.54) is 33.0 Å². The van der Waals surface area contributed by atoms with Gasteiger partial charge in [0.25, 0.3) is 0 Å². The SMILES string of the molecule is CC[C@@H]1c2[nH]c3cc(Cl)ccc3c2CCN1Cc1cccc2ccccc12. The van der Waals surface area contributed by atoms with Gasteiger partial charge in [-0.3, -0.25) is 4.90 Å². The molecule has 0 bridgehead atoms. The quantitative estimate of drug-likeness (QED) is 0.434. The van der Waals surface area contributed by atoms with Crippen LogP contribution in [0.4, 0.5) is 0 Å². The molecule has 4 aromatic rings. The molecule has 1 aromatic heterocycles. The van der Waals surface area contributed by atoms with Crippen molar-refractivity contribution >= 4 is 33.3 Å². The van der Waals surface area contributed by atoms with Gasteiger partial charge in [-0.2, -0.15) is 0 Å².